The lowest BCUT2D eigenvalue weighted by Crippen LogP contribution is -2.25. The molecule has 1 aliphatic carbocycles. The van der Waals surface area contributed by atoms with Crippen molar-refractivity contribution >= 4 is 22.4 Å². The van der Waals surface area contributed by atoms with Crippen molar-refractivity contribution in [3.63, 3.8) is 0 Å². The first-order valence-corrected chi connectivity index (χ1v) is 6.74. The first-order chi connectivity index (χ1) is 8.56. The molecule has 3 atom stereocenters. The third-order valence-electron chi connectivity index (χ3n) is 3.28. The lowest BCUT2D eigenvalue weighted by atomic mass is 9.76. The fraction of sp³-hybridized carbons (Fsp3) is 0.500. The van der Waals surface area contributed by atoms with Gasteiger partial charge in [0.25, 0.3) is 0 Å². The van der Waals surface area contributed by atoms with Gasteiger partial charge in [0.1, 0.15) is 0 Å². The number of allylic oxidation sites excluding steroid dienone is 1. The Morgan fingerprint density at radius 3 is 2.94 bits per heavy atom. The Morgan fingerprint density at radius 2 is 2.33 bits per heavy atom. The number of carboxylic acids is 1. The summed E-state index contributed by atoms with van der Waals surface area (Å²) in [6.07, 6.45) is 4.61. The van der Waals surface area contributed by atoms with Crippen molar-refractivity contribution in [2.24, 2.45) is 5.92 Å². The first-order valence-electron chi connectivity index (χ1n) is 5.86. The van der Waals surface area contributed by atoms with Gasteiger partial charge in [0.2, 0.25) is 0 Å². The number of rotatable bonds is 3. The van der Waals surface area contributed by atoms with Gasteiger partial charge in [0, 0.05) is 17.4 Å². The number of hydrogen-bond acceptors (Lipinski definition) is 5. The lowest BCUT2D eigenvalue weighted by molar-refractivity contribution is -0.131. The van der Waals surface area contributed by atoms with Gasteiger partial charge in [0.05, 0.1) is 11.8 Å². The van der Waals surface area contributed by atoms with Crippen LogP contribution in [0.5, 0.6) is 0 Å². The zero-order chi connectivity index (χ0) is 13.1. The standard InChI is InChI=1S/C12H16N2O3S/c13-12-14-10(6-18-12)9-5-8(15)3-1-7(9)2-4-11(16)17/h2,4,6-9,15H,1,3,5H2,(H2,13,14)(H,16,17)/t7?,8-,9-/m1/s1. The van der Waals surface area contributed by atoms with E-state index in [1.807, 2.05) is 5.38 Å². The number of aliphatic hydroxyl groups excluding tert-OH is 1. The van der Waals surface area contributed by atoms with Gasteiger partial charge in [0.15, 0.2) is 5.13 Å². The van der Waals surface area contributed by atoms with Crippen molar-refractivity contribution in [1.29, 1.82) is 0 Å². The molecule has 0 amide bonds. The van der Waals surface area contributed by atoms with Crippen LogP contribution in [0.2, 0.25) is 0 Å². The van der Waals surface area contributed by atoms with Crippen LogP contribution in [0.4, 0.5) is 5.13 Å². The third kappa shape index (κ3) is 3.08. The summed E-state index contributed by atoms with van der Waals surface area (Å²) in [7, 11) is 0. The van der Waals surface area contributed by atoms with Crippen LogP contribution in [0.15, 0.2) is 17.5 Å². The van der Waals surface area contributed by atoms with Gasteiger partial charge >= 0.3 is 5.97 Å². The molecule has 0 saturated heterocycles. The number of aliphatic carboxylic acids is 1. The van der Waals surface area contributed by atoms with Crippen LogP contribution in [-0.4, -0.2) is 27.3 Å². The van der Waals surface area contributed by atoms with Gasteiger partial charge in [-0.2, -0.15) is 0 Å². The number of nitrogens with two attached hydrogens (primary N) is 1. The zero-order valence-electron chi connectivity index (χ0n) is 9.82. The Balaban J connectivity index is 2.18. The normalized spacial score (nSPS) is 28.6. The summed E-state index contributed by atoms with van der Waals surface area (Å²) in [4.78, 5) is 14.8. The van der Waals surface area contributed by atoms with Crippen molar-refractivity contribution < 1.29 is 15.0 Å². The molecular formula is C12H16N2O3S. The van der Waals surface area contributed by atoms with E-state index in [1.54, 1.807) is 6.08 Å². The summed E-state index contributed by atoms with van der Waals surface area (Å²) in [5.74, 6) is -0.790. The minimum absolute atomic E-state index is 0.0536. The summed E-state index contributed by atoms with van der Waals surface area (Å²) in [6.45, 7) is 0. The number of aromatic nitrogens is 1. The fourth-order valence-electron chi connectivity index (χ4n) is 2.42. The Labute approximate surface area is 109 Å². The third-order valence-corrected chi connectivity index (χ3v) is 3.97. The predicted molar refractivity (Wildman–Crippen MR) is 69.4 cm³/mol. The van der Waals surface area contributed by atoms with Gasteiger partial charge < -0.3 is 15.9 Å². The van der Waals surface area contributed by atoms with Crippen molar-refractivity contribution in [1.82, 2.24) is 4.98 Å². The monoisotopic (exact) mass is 268 g/mol. The highest BCUT2D eigenvalue weighted by Crippen LogP contribution is 2.39. The van der Waals surface area contributed by atoms with E-state index in [2.05, 4.69) is 4.98 Å². The lowest BCUT2D eigenvalue weighted by Gasteiger charge is -2.31. The van der Waals surface area contributed by atoms with Crippen LogP contribution in [0.1, 0.15) is 30.9 Å². The molecule has 0 aromatic carbocycles. The average Bonchev–Trinajstić information content (AvgIpc) is 2.74. The largest absolute Gasteiger partial charge is 0.478 e. The maximum absolute atomic E-state index is 10.6. The van der Waals surface area contributed by atoms with Gasteiger partial charge in [-0.1, -0.05) is 6.08 Å². The minimum atomic E-state index is -0.947. The summed E-state index contributed by atoms with van der Waals surface area (Å²) < 4.78 is 0. The van der Waals surface area contributed by atoms with Crippen LogP contribution in [0.3, 0.4) is 0 Å². The average molecular weight is 268 g/mol. The molecule has 1 aromatic heterocycles. The Morgan fingerprint density at radius 1 is 1.56 bits per heavy atom. The number of thiazole rings is 1. The highest BCUT2D eigenvalue weighted by atomic mass is 32.1. The molecule has 1 aliphatic rings. The molecule has 1 aromatic rings. The second kappa shape index (κ2) is 5.49. The molecule has 6 heteroatoms. The van der Waals surface area contributed by atoms with Gasteiger partial charge in [-0.15, -0.1) is 11.3 Å². The first kappa shape index (κ1) is 13.0. The molecule has 1 fully saturated rings. The highest BCUT2D eigenvalue weighted by Gasteiger charge is 2.30. The molecule has 1 saturated carbocycles. The molecule has 4 N–H and O–H groups in total. The number of anilines is 1. The van der Waals surface area contributed by atoms with Crippen LogP contribution in [-0.2, 0) is 4.79 Å². The van der Waals surface area contributed by atoms with Crippen molar-refractivity contribution in [2.45, 2.75) is 31.3 Å². The zero-order valence-corrected chi connectivity index (χ0v) is 10.6. The molecule has 1 heterocycles. The molecule has 2 rings (SSSR count). The highest BCUT2D eigenvalue weighted by molar-refractivity contribution is 7.13. The molecular weight excluding hydrogens is 252 g/mol. The second-order valence-electron chi connectivity index (χ2n) is 4.55. The molecule has 0 radical (unpaired) electrons. The molecule has 1 unspecified atom stereocenters. The van der Waals surface area contributed by atoms with E-state index in [4.69, 9.17) is 10.8 Å². The van der Waals surface area contributed by atoms with E-state index in [9.17, 15) is 9.90 Å². The number of hydrogen-bond donors (Lipinski definition) is 3. The molecule has 5 nitrogen and oxygen atoms in total. The number of carbonyl (C=O) groups is 1. The Hall–Kier alpha value is -1.40. The number of nitrogens with zero attached hydrogens (tertiary/aromatic N) is 1. The van der Waals surface area contributed by atoms with Crippen LogP contribution < -0.4 is 5.73 Å². The van der Waals surface area contributed by atoms with Gasteiger partial charge in [-0.25, -0.2) is 9.78 Å². The van der Waals surface area contributed by atoms with E-state index in [1.165, 1.54) is 17.4 Å². The Kier molecular flexibility index (Phi) is 3.98. The predicted octanol–water partition coefficient (Wildman–Crippen LogP) is 1.61. The minimum Gasteiger partial charge on any atom is -0.478 e. The van der Waals surface area contributed by atoms with E-state index in [0.29, 0.717) is 18.0 Å². The maximum atomic E-state index is 10.6. The van der Waals surface area contributed by atoms with Gasteiger partial charge in [-0.05, 0) is 25.2 Å². The molecule has 18 heavy (non-hydrogen) atoms. The topological polar surface area (TPSA) is 96.4 Å². The van der Waals surface area contributed by atoms with Crippen molar-refractivity contribution in [3.8, 4) is 0 Å². The van der Waals surface area contributed by atoms with Gasteiger partial charge in [-0.3, -0.25) is 0 Å². The van der Waals surface area contributed by atoms with Crippen LogP contribution in [0, 0.1) is 5.92 Å². The summed E-state index contributed by atoms with van der Waals surface area (Å²) >= 11 is 1.37. The van der Waals surface area contributed by atoms with E-state index in [-0.39, 0.29) is 17.9 Å². The fourth-order valence-corrected chi connectivity index (χ4v) is 3.05. The molecule has 0 aliphatic heterocycles. The van der Waals surface area contributed by atoms with E-state index < -0.39 is 5.97 Å². The number of carboxylic acid groups (broad SMARTS) is 1. The SMILES string of the molecule is Nc1nc([C@@H]2C[C@H](O)CCC2C=CC(=O)O)cs1. The molecule has 0 spiro atoms. The van der Waals surface area contributed by atoms with Crippen LogP contribution >= 0.6 is 11.3 Å². The molecule has 0 bridgehead atoms. The summed E-state index contributed by atoms with van der Waals surface area (Å²) in [5.41, 5.74) is 6.48. The van der Waals surface area contributed by atoms with Crippen molar-refractivity contribution in [2.75, 3.05) is 5.73 Å². The van der Waals surface area contributed by atoms with Crippen molar-refractivity contribution in [3.05, 3.63) is 23.2 Å². The summed E-state index contributed by atoms with van der Waals surface area (Å²) in [6, 6.07) is 0. The Bertz CT molecular complexity index is 458. The van der Waals surface area contributed by atoms with E-state index >= 15 is 0 Å². The smallest absolute Gasteiger partial charge is 0.327 e. The number of nitrogen functional groups attached to an aromatic ring is 1. The summed E-state index contributed by atoms with van der Waals surface area (Å²) in [5, 5.41) is 20.8. The van der Waals surface area contributed by atoms with Crippen LogP contribution in [0.25, 0.3) is 0 Å². The molecule has 98 valence electrons. The maximum Gasteiger partial charge on any atom is 0.327 e. The quantitative estimate of drug-likeness (QED) is 0.724. The second-order valence-corrected chi connectivity index (χ2v) is 5.43. The van der Waals surface area contributed by atoms with E-state index in [0.717, 1.165) is 12.1 Å². The number of aliphatic hydroxyl groups is 1.